The zero-order chi connectivity index (χ0) is 18.6. The lowest BCUT2D eigenvalue weighted by atomic mass is 9.74. The van der Waals surface area contributed by atoms with Crippen molar-refractivity contribution in [3.05, 3.63) is 23.8 Å². The van der Waals surface area contributed by atoms with Gasteiger partial charge in [0.2, 0.25) is 0 Å². The lowest BCUT2D eigenvalue weighted by Gasteiger charge is -2.37. The highest BCUT2D eigenvalue weighted by Gasteiger charge is 2.37. The summed E-state index contributed by atoms with van der Waals surface area (Å²) in [6, 6.07) is 8.24. The highest BCUT2D eigenvalue weighted by molar-refractivity contribution is 5.76. The van der Waals surface area contributed by atoms with Crippen LogP contribution in [0.5, 0.6) is 11.5 Å². The summed E-state index contributed by atoms with van der Waals surface area (Å²) in [6.07, 6.45) is 4.77. The molecule has 3 rings (SSSR count). The molecule has 2 N–H and O–H groups in total. The molecule has 2 aliphatic rings. The highest BCUT2D eigenvalue weighted by atomic mass is 16.5. The van der Waals surface area contributed by atoms with Crippen molar-refractivity contribution >= 4 is 5.91 Å². The molecule has 1 aromatic carbocycles. The topological polar surface area (TPSA) is 94.8 Å². The lowest BCUT2D eigenvalue weighted by Crippen LogP contribution is -2.45. The van der Waals surface area contributed by atoms with E-state index in [0.717, 1.165) is 18.4 Å². The second-order valence-corrected chi connectivity index (χ2v) is 7.04. The highest BCUT2D eigenvalue weighted by Crippen LogP contribution is 2.40. The van der Waals surface area contributed by atoms with Crippen molar-refractivity contribution in [1.82, 2.24) is 10.4 Å². The smallest absolute Gasteiger partial charge is 0.257 e. The van der Waals surface area contributed by atoms with Gasteiger partial charge in [0.05, 0.1) is 31.2 Å². The number of methoxy groups -OCH3 is 1. The average Bonchev–Trinajstić information content (AvgIpc) is 2.65. The number of amides is 1. The van der Waals surface area contributed by atoms with Crippen LogP contribution in [-0.2, 0) is 10.2 Å². The molecule has 140 valence electrons. The van der Waals surface area contributed by atoms with Crippen molar-refractivity contribution in [2.24, 2.45) is 0 Å². The van der Waals surface area contributed by atoms with Crippen molar-refractivity contribution in [3.8, 4) is 17.6 Å². The number of piperidine rings is 1. The van der Waals surface area contributed by atoms with Crippen molar-refractivity contribution in [3.63, 3.8) is 0 Å². The fourth-order valence-corrected chi connectivity index (χ4v) is 3.53. The average molecular weight is 359 g/mol. The maximum Gasteiger partial charge on any atom is 0.257 e. The Morgan fingerprint density at radius 2 is 2.12 bits per heavy atom. The Bertz CT molecular complexity index is 689. The molecule has 0 radical (unpaired) electrons. The molecule has 0 atom stereocenters. The molecule has 1 saturated carbocycles. The quantitative estimate of drug-likeness (QED) is 0.596. The summed E-state index contributed by atoms with van der Waals surface area (Å²) in [7, 11) is 1.62. The molecular formula is C19H25N3O4. The van der Waals surface area contributed by atoms with Crippen LogP contribution in [0.25, 0.3) is 0 Å². The van der Waals surface area contributed by atoms with Gasteiger partial charge >= 0.3 is 0 Å². The van der Waals surface area contributed by atoms with E-state index >= 15 is 0 Å². The van der Waals surface area contributed by atoms with Crippen LogP contribution in [0.2, 0.25) is 0 Å². The van der Waals surface area contributed by atoms with Crippen LogP contribution in [0.15, 0.2) is 18.2 Å². The van der Waals surface area contributed by atoms with Gasteiger partial charge in [0.25, 0.3) is 5.91 Å². The van der Waals surface area contributed by atoms with E-state index in [-0.39, 0.29) is 12.6 Å². The SMILES string of the molecule is COc1ccc(C2(C#N)CCN(CC(=O)NO)CC2)cc1OC1CCC1. The van der Waals surface area contributed by atoms with Crippen molar-refractivity contribution in [2.45, 2.75) is 43.6 Å². The molecule has 0 aromatic heterocycles. The van der Waals surface area contributed by atoms with E-state index in [9.17, 15) is 10.1 Å². The molecule has 1 aliphatic carbocycles. The van der Waals surface area contributed by atoms with Gasteiger partial charge in [0.15, 0.2) is 11.5 Å². The Balaban J connectivity index is 1.76. The number of nitrogens with one attached hydrogen (secondary N) is 1. The van der Waals surface area contributed by atoms with Crippen molar-refractivity contribution in [1.29, 1.82) is 5.26 Å². The third-order valence-electron chi connectivity index (χ3n) is 5.48. The molecule has 0 unspecified atom stereocenters. The van der Waals surface area contributed by atoms with E-state index < -0.39 is 11.3 Å². The number of benzene rings is 1. The Hall–Kier alpha value is -2.30. The molecular weight excluding hydrogens is 334 g/mol. The van der Waals surface area contributed by atoms with E-state index in [0.29, 0.717) is 37.4 Å². The van der Waals surface area contributed by atoms with Crippen LogP contribution in [0.3, 0.4) is 0 Å². The molecule has 26 heavy (non-hydrogen) atoms. The Morgan fingerprint density at radius 1 is 1.38 bits per heavy atom. The van der Waals surface area contributed by atoms with Crippen molar-refractivity contribution < 1.29 is 19.5 Å². The van der Waals surface area contributed by atoms with Crippen LogP contribution in [0.4, 0.5) is 0 Å². The number of hydrogen-bond acceptors (Lipinski definition) is 6. The summed E-state index contributed by atoms with van der Waals surface area (Å²) >= 11 is 0. The Morgan fingerprint density at radius 3 is 2.65 bits per heavy atom. The first-order valence-corrected chi connectivity index (χ1v) is 9.02. The minimum Gasteiger partial charge on any atom is -0.493 e. The number of carbonyl (C=O) groups excluding carboxylic acids is 1. The van der Waals surface area contributed by atoms with Gasteiger partial charge in [-0.3, -0.25) is 14.9 Å². The first-order chi connectivity index (χ1) is 12.6. The van der Waals surface area contributed by atoms with E-state index in [1.165, 1.54) is 6.42 Å². The van der Waals surface area contributed by atoms with E-state index in [1.54, 1.807) is 12.6 Å². The maximum atomic E-state index is 11.3. The maximum absolute atomic E-state index is 11.3. The molecule has 1 saturated heterocycles. The molecule has 2 fully saturated rings. The minimum absolute atomic E-state index is 0.136. The Kier molecular flexibility index (Phi) is 5.64. The predicted molar refractivity (Wildman–Crippen MR) is 94.2 cm³/mol. The summed E-state index contributed by atoms with van der Waals surface area (Å²) in [5.74, 6) is 0.951. The summed E-state index contributed by atoms with van der Waals surface area (Å²) in [5, 5.41) is 18.6. The molecule has 1 amide bonds. The van der Waals surface area contributed by atoms with Crippen LogP contribution >= 0.6 is 0 Å². The van der Waals surface area contributed by atoms with Gasteiger partial charge in [-0.1, -0.05) is 6.07 Å². The number of rotatable bonds is 6. The minimum atomic E-state index is -0.601. The first kappa shape index (κ1) is 18.5. The zero-order valence-electron chi connectivity index (χ0n) is 15.0. The first-order valence-electron chi connectivity index (χ1n) is 9.02. The van der Waals surface area contributed by atoms with Gasteiger partial charge in [-0.05, 0) is 49.8 Å². The van der Waals surface area contributed by atoms with Crippen LogP contribution in [-0.4, -0.2) is 48.9 Å². The normalized spacial score (nSPS) is 19.9. The molecule has 1 aromatic rings. The van der Waals surface area contributed by atoms with Crippen LogP contribution < -0.4 is 15.0 Å². The summed E-state index contributed by atoms with van der Waals surface area (Å²) in [6.45, 7) is 1.37. The summed E-state index contributed by atoms with van der Waals surface area (Å²) in [4.78, 5) is 13.3. The predicted octanol–water partition coefficient (Wildman–Crippen LogP) is 1.99. The largest absolute Gasteiger partial charge is 0.493 e. The number of nitriles is 1. The van der Waals surface area contributed by atoms with Gasteiger partial charge in [-0.15, -0.1) is 0 Å². The number of hydroxylamine groups is 1. The third-order valence-corrected chi connectivity index (χ3v) is 5.48. The second kappa shape index (κ2) is 7.94. The van der Waals surface area contributed by atoms with Crippen LogP contribution in [0, 0.1) is 11.3 Å². The van der Waals surface area contributed by atoms with E-state index in [1.807, 2.05) is 23.1 Å². The Labute approximate surface area is 153 Å². The lowest BCUT2D eigenvalue weighted by molar-refractivity contribution is -0.130. The van der Waals surface area contributed by atoms with Gasteiger partial charge in [-0.25, -0.2) is 5.48 Å². The van der Waals surface area contributed by atoms with E-state index in [2.05, 4.69) is 6.07 Å². The summed E-state index contributed by atoms with van der Waals surface area (Å²) < 4.78 is 11.5. The molecule has 1 heterocycles. The zero-order valence-corrected chi connectivity index (χ0v) is 15.0. The number of carbonyl (C=O) groups is 1. The molecule has 0 spiro atoms. The van der Waals surface area contributed by atoms with Gasteiger partial charge in [0.1, 0.15) is 0 Å². The number of hydrogen-bond donors (Lipinski definition) is 2. The van der Waals surface area contributed by atoms with Gasteiger partial charge < -0.3 is 9.47 Å². The molecule has 7 nitrogen and oxygen atoms in total. The molecule has 7 heteroatoms. The number of likely N-dealkylation sites (tertiary alicyclic amines) is 1. The van der Waals surface area contributed by atoms with Crippen LogP contribution in [0.1, 0.15) is 37.7 Å². The molecule has 0 bridgehead atoms. The van der Waals surface area contributed by atoms with E-state index in [4.69, 9.17) is 14.7 Å². The number of ether oxygens (including phenoxy) is 2. The van der Waals surface area contributed by atoms with Crippen molar-refractivity contribution in [2.75, 3.05) is 26.7 Å². The third kappa shape index (κ3) is 3.76. The fraction of sp³-hybridized carbons (Fsp3) is 0.579. The standard InChI is InChI=1S/C19H25N3O4/c1-25-16-6-5-14(11-17(16)26-15-3-2-4-15)19(13-20)7-9-22(10-8-19)12-18(23)21-24/h5-6,11,15,24H,2-4,7-10,12H2,1H3,(H,21,23). The fourth-order valence-electron chi connectivity index (χ4n) is 3.53. The number of nitrogens with zero attached hydrogens (tertiary/aromatic N) is 2. The molecule has 1 aliphatic heterocycles. The monoisotopic (exact) mass is 359 g/mol. The summed E-state index contributed by atoms with van der Waals surface area (Å²) in [5.41, 5.74) is 1.98. The van der Waals surface area contributed by atoms with Gasteiger partial charge in [-0.2, -0.15) is 5.26 Å². The second-order valence-electron chi connectivity index (χ2n) is 7.04. The van der Waals surface area contributed by atoms with Gasteiger partial charge in [0, 0.05) is 13.1 Å².